The van der Waals surface area contributed by atoms with E-state index in [1.165, 1.54) is 6.07 Å². The van der Waals surface area contributed by atoms with Gasteiger partial charge in [-0.05, 0) is 17.7 Å². The zero-order chi connectivity index (χ0) is 11.6. The van der Waals surface area contributed by atoms with Crippen molar-refractivity contribution in [3.8, 4) is 0 Å². The molecule has 1 aromatic carbocycles. The summed E-state index contributed by atoms with van der Waals surface area (Å²) in [5.74, 6) is -4.10. The number of hydrogen-bond donors (Lipinski definition) is 3. The molecule has 0 bridgehead atoms. The third-order valence-electron chi connectivity index (χ3n) is 2.25. The Bertz CT molecular complexity index is 353. The highest BCUT2D eigenvalue weighted by Crippen LogP contribution is 2.49. The van der Waals surface area contributed by atoms with Crippen LogP contribution in [0.2, 0.25) is 0 Å². The predicted octanol–water partition coefficient (Wildman–Crippen LogP) is 0.741. The smallest absolute Gasteiger partial charge is 0.170 e. The summed E-state index contributed by atoms with van der Waals surface area (Å²) in [5.41, 5.74) is 0.420. The number of aliphatic hydroxyl groups excluding tert-OH is 1. The van der Waals surface area contributed by atoms with E-state index in [4.69, 9.17) is 15.3 Å². The van der Waals surface area contributed by atoms with Crippen molar-refractivity contribution in [1.82, 2.24) is 0 Å². The molecule has 0 heterocycles. The molecule has 1 aliphatic carbocycles. The molecule has 3 N–H and O–H groups in total. The summed E-state index contributed by atoms with van der Waals surface area (Å²) >= 11 is 0. The van der Waals surface area contributed by atoms with E-state index in [-0.39, 0.29) is 6.42 Å². The first kappa shape index (κ1) is 12.0. The van der Waals surface area contributed by atoms with Gasteiger partial charge in [-0.15, -0.1) is 0 Å². The minimum Gasteiger partial charge on any atom is -0.400 e. The molecule has 1 unspecified atom stereocenters. The van der Waals surface area contributed by atoms with Crippen LogP contribution in [0.3, 0.4) is 0 Å². The van der Waals surface area contributed by atoms with Crippen LogP contribution in [0.15, 0.2) is 18.2 Å². The molecule has 1 saturated carbocycles. The van der Waals surface area contributed by atoms with Crippen molar-refractivity contribution in [1.29, 1.82) is 0 Å². The Morgan fingerprint density at radius 2 is 1.73 bits per heavy atom. The molecule has 3 nitrogen and oxygen atoms in total. The van der Waals surface area contributed by atoms with Crippen molar-refractivity contribution in [3.05, 3.63) is 35.4 Å². The van der Waals surface area contributed by atoms with Crippen LogP contribution < -0.4 is 0 Å². The molecule has 0 spiro atoms. The maximum absolute atomic E-state index is 12.7. The molecule has 0 radical (unpaired) electrons. The molecule has 0 aromatic heterocycles. The summed E-state index contributed by atoms with van der Waals surface area (Å²) in [7, 11) is 1.00. The van der Waals surface area contributed by atoms with Gasteiger partial charge in [0, 0.05) is 19.4 Å². The number of hydrogen-bond acceptors (Lipinski definition) is 3. The predicted molar refractivity (Wildman–Crippen MR) is 49.0 cm³/mol. The molecule has 0 amide bonds. The van der Waals surface area contributed by atoms with E-state index in [2.05, 4.69) is 0 Å². The average Bonchev–Trinajstić information content (AvgIpc) is 2.83. The quantitative estimate of drug-likeness (QED) is 0.609. The molecule has 1 atom stereocenters. The topological polar surface area (TPSA) is 60.7 Å². The van der Waals surface area contributed by atoms with E-state index >= 15 is 0 Å². The van der Waals surface area contributed by atoms with Crippen LogP contribution >= 0.6 is 0 Å². The Labute approximate surface area is 85.6 Å². The first-order chi connectivity index (χ1) is 7.00. The van der Waals surface area contributed by atoms with E-state index in [1.807, 2.05) is 0 Å². The third kappa shape index (κ3) is 2.50. The van der Waals surface area contributed by atoms with Gasteiger partial charge in [-0.2, -0.15) is 0 Å². The molecule has 0 aliphatic heterocycles. The van der Waals surface area contributed by atoms with Gasteiger partial charge in [0.2, 0.25) is 0 Å². The van der Waals surface area contributed by atoms with Crippen LogP contribution in [0, 0.1) is 11.6 Å². The van der Waals surface area contributed by atoms with Gasteiger partial charge in [0.25, 0.3) is 0 Å². The van der Waals surface area contributed by atoms with Crippen molar-refractivity contribution in [2.24, 2.45) is 0 Å². The Kier molecular flexibility index (Phi) is 3.38. The monoisotopic (exact) mass is 218 g/mol. The van der Waals surface area contributed by atoms with E-state index in [9.17, 15) is 8.78 Å². The van der Waals surface area contributed by atoms with E-state index < -0.39 is 23.3 Å². The van der Waals surface area contributed by atoms with Crippen molar-refractivity contribution in [2.45, 2.75) is 18.1 Å². The Morgan fingerprint density at radius 3 is 2.13 bits per heavy atom. The van der Waals surface area contributed by atoms with Crippen molar-refractivity contribution in [3.63, 3.8) is 0 Å². The molecule has 1 aliphatic rings. The standard InChI is InChI=1S/C9H8F2O2.CH4O/c10-7-2-1-5(3-8(7)11)6-4-9(6,12)13;1-2/h1-3,6,12-13H,4H2;2H,1H3. The van der Waals surface area contributed by atoms with Gasteiger partial charge in [0.15, 0.2) is 17.4 Å². The van der Waals surface area contributed by atoms with Gasteiger partial charge < -0.3 is 15.3 Å². The Morgan fingerprint density at radius 1 is 1.20 bits per heavy atom. The summed E-state index contributed by atoms with van der Waals surface area (Å²) < 4.78 is 25.2. The second-order valence-corrected chi connectivity index (χ2v) is 3.31. The first-order valence-corrected chi connectivity index (χ1v) is 4.35. The van der Waals surface area contributed by atoms with E-state index in [1.54, 1.807) is 0 Å². The maximum Gasteiger partial charge on any atom is 0.170 e. The van der Waals surface area contributed by atoms with Crippen LogP contribution in [0.1, 0.15) is 17.9 Å². The molecule has 0 saturated heterocycles. The molecule has 84 valence electrons. The lowest BCUT2D eigenvalue weighted by molar-refractivity contribution is -0.0734. The molecule has 1 fully saturated rings. The number of benzene rings is 1. The van der Waals surface area contributed by atoms with Crippen molar-refractivity contribution >= 4 is 0 Å². The minimum absolute atomic E-state index is 0.179. The van der Waals surface area contributed by atoms with E-state index in [0.29, 0.717) is 5.56 Å². The minimum atomic E-state index is -1.73. The number of halogens is 2. The van der Waals surface area contributed by atoms with Gasteiger partial charge >= 0.3 is 0 Å². The van der Waals surface area contributed by atoms with Crippen LogP contribution in [0.5, 0.6) is 0 Å². The third-order valence-corrected chi connectivity index (χ3v) is 2.25. The second kappa shape index (κ2) is 4.22. The SMILES string of the molecule is CO.OC1(O)CC1c1ccc(F)c(F)c1. The van der Waals surface area contributed by atoms with Gasteiger partial charge in [-0.3, -0.25) is 0 Å². The molecular weight excluding hydrogens is 206 g/mol. The lowest BCUT2D eigenvalue weighted by Gasteiger charge is -2.02. The summed E-state index contributed by atoms with van der Waals surface area (Å²) in [6, 6.07) is 3.34. The normalized spacial score (nSPS) is 21.6. The summed E-state index contributed by atoms with van der Waals surface area (Å²) in [6.07, 6.45) is 0.179. The van der Waals surface area contributed by atoms with Crippen molar-refractivity contribution in [2.75, 3.05) is 7.11 Å². The van der Waals surface area contributed by atoms with Gasteiger partial charge in [-0.1, -0.05) is 6.07 Å². The summed E-state index contributed by atoms with van der Waals surface area (Å²) in [4.78, 5) is 0. The molecule has 1 aromatic rings. The van der Waals surface area contributed by atoms with Gasteiger partial charge in [0.1, 0.15) is 0 Å². The summed E-state index contributed by atoms with van der Waals surface area (Å²) in [6.45, 7) is 0. The second-order valence-electron chi connectivity index (χ2n) is 3.31. The first-order valence-electron chi connectivity index (χ1n) is 4.35. The molecule has 15 heavy (non-hydrogen) atoms. The average molecular weight is 218 g/mol. The number of rotatable bonds is 1. The Balaban J connectivity index is 0.000000531. The zero-order valence-corrected chi connectivity index (χ0v) is 8.11. The van der Waals surface area contributed by atoms with Crippen LogP contribution in [0.4, 0.5) is 8.78 Å². The fraction of sp³-hybridized carbons (Fsp3) is 0.400. The fourth-order valence-corrected chi connectivity index (χ4v) is 1.36. The molecule has 2 rings (SSSR count). The van der Waals surface area contributed by atoms with Gasteiger partial charge in [-0.25, -0.2) is 8.78 Å². The van der Waals surface area contributed by atoms with Crippen LogP contribution in [-0.4, -0.2) is 28.2 Å². The summed E-state index contributed by atoms with van der Waals surface area (Å²) in [5, 5.41) is 25.1. The maximum atomic E-state index is 12.7. The molecule has 5 heteroatoms. The van der Waals surface area contributed by atoms with Gasteiger partial charge in [0.05, 0.1) is 0 Å². The number of aliphatic hydroxyl groups is 3. The highest BCUT2D eigenvalue weighted by molar-refractivity contribution is 5.29. The van der Waals surface area contributed by atoms with Crippen LogP contribution in [-0.2, 0) is 0 Å². The van der Waals surface area contributed by atoms with E-state index in [0.717, 1.165) is 19.2 Å². The highest BCUT2D eigenvalue weighted by Gasteiger charge is 2.52. The van der Waals surface area contributed by atoms with Crippen LogP contribution in [0.25, 0.3) is 0 Å². The lowest BCUT2D eigenvalue weighted by Crippen LogP contribution is -2.07. The highest BCUT2D eigenvalue weighted by atomic mass is 19.2. The lowest BCUT2D eigenvalue weighted by atomic mass is 10.1. The molecular formula is C10H12F2O3. The Hall–Kier alpha value is -1.04. The fourth-order valence-electron chi connectivity index (χ4n) is 1.36. The van der Waals surface area contributed by atoms with Crippen molar-refractivity contribution < 1.29 is 24.1 Å². The zero-order valence-electron chi connectivity index (χ0n) is 8.11. The largest absolute Gasteiger partial charge is 0.400 e.